The quantitative estimate of drug-likeness (QED) is 0.719. The molecule has 4 rings (SSSR count). The molecule has 1 atom stereocenters. The van der Waals surface area contributed by atoms with Crippen LogP contribution in [0.4, 0.5) is 0 Å². The minimum Gasteiger partial charge on any atom is -0.324 e. The molecule has 1 aliphatic heterocycles. The summed E-state index contributed by atoms with van der Waals surface area (Å²) in [7, 11) is 0. The highest BCUT2D eigenvalue weighted by molar-refractivity contribution is 5.81. The Morgan fingerprint density at radius 1 is 1.16 bits per heavy atom. The molecule has 1 fully saturated rings. The van der Waals surface area contributed by atoms with Crippen LogP contribution in [0.1, 0.15) is 26.2 Å². The molecule has 0 bridgehead atoms. The van der Waals surface area contributed by atoms with Crippen molar-refractivity contribution in [2.75, 3.05) is 6.54 Å². The zero-order valence-electron chi connectivity index (χ0n) is 14.3. The maximum atomic E-state index is 12.4. The van der Waals surface area contributed by atoms with E-state index >= 15 is 0 Å². The van der Waals surface area contributed by atoms with E-state index in [1.54, 1.807) is 18.5 Å². The molecule has 1 aromatic carbocycles. The molecule has 128 valence electrons. The third-order valence-corrected chi connectivity index (χ3v) is 4.72. The fourth-order valence-corrected chi connectivity index (χ4v) is 3.57. The number of benzene rings is 1. The SMILES string of the molecule is CCCC1CC(=O)N(Cn2c(-c3ncccn3)nc3ccccc32)C1. The van der Waals surface area contributed by atoms with Crippen molar-refractivity contribution in [3.63, 3.8) is 0 Å². The molecule has 1 unspecified atom stereocenters. The van der Waals surface area contributed by atoms with Gasteiger partial charge in [0.15, 0.2) is 11.6 Å². The number of carbonyl (C=O) groups is 1. The van der Waals surface area contributed by atoms with E-state index in [4.69, 9.17) is 4.98 Å². The summed E-state index contributed by atoms with van der Waals surface area (Å²) in [5.74, 6) is 1.96. The number of aromatic nitrogens is 4. The van der Waals surface area contributed by atoms with Gasteiger partial charge in [0.1, 0.15) is 0 Å². The van der Waals surface area contributed by atoms with Gasteiger partial charge in [-0.2, -0.15) is 0 Å². The maximum Gasteiger partial charge on any atom is 0.224 e. The highest BCUT2D eigenvalue weighted by Gasteiger charge is 2.30. The summed E-state index contributed by atoms with van der Waals surface area (Å²) in [5.41, 5.74) is 1.89. The second-order valence-corrected chi connectivity index (χ2v) is 6.54. The van der Waals surface area contributed by atoms with Gasteiger partial charge < -0.3 is 9.47 Å². The summed E-state index contributed by atoms with van der Waals surface area (Å²) in [4.78, 5) is 27.8. The fraction of sp³-hybridized carbons (Fsp3) is 0.368. The predicted octanol–water partition coefficient (Wildman–Crippen LogP) is 3.10. The summed E-state index contributed by atoms with van der Waals surface area (Å²) in [6, 6.07) is 9.74. The van der Waals surface area contributed by atoms with Crippen molar-refractivity contribution in [1.29, 1.82) is 0 Å². The van der Waals surface area contributed by atoms with Crippen LogP contribution in [-0.4, -0.2) is 36.9 Å². The zero-order valence-corrected chi connectivity index (χ0v) is 14.3. The molecular weight excluding hydrogens is 314 g/mol. The summed E-state index contributed by atoms with van der Waals surface area (Å²) in [5, 5.41) is 0. The Bertz CT molecular complexity index is 889. The van der Waals surface area contributed by atoms with E-state index < -0.39 is 0 Å². The van der Waals surface area contributed by atoms with Gasteiger partial charge in [0.25, 0.3) is 0 Å². The van der Waals surface area contributed by atoms with Crippen LogP contribution in [0.2, 0.25) is 0 Å². The maximum absolute atomic E-state index is 12.4. The van der Waals surface area contributed by atoms with Crippen LogP contribution in [0.15, 0.2) is 42.7 Å². The number of imidazole rings is 1. The summed E-state index contributed by atoms with van der Waals surface area (Å²) in [6.45, 7) is 3.47. The van der Waals surface area contributed by atoms with Gasteiger partial charge in [-0.05, 0) is 30.5 Å². The van der Waals surface area contributed by atoms with E-state index in [2.05, 4.69) is 21.5 Å². The van der Waals surface area contributed by atoms with Gasteiger partial charge in [-0.25, -0.2) is 15.0 Å². The number of rotatable bonds is 5. The van der Waals surface area contributed by atoms with Crippen LogP contribution < -0.4 is 0 Å². The fourth-order valence-electron chi connectivity index (χ4n) is 3.57. The lowest BCUT2D eigenvalue weighted by molar-refractivity contribution is -0.129. The lowest BCUT2D eigenvalue weighted by atomic mass is 10.0. The van der Waals surface area contributed by atoms with Crippen molar-refractivity contribution in [3.05, 3.63) is 42.7 Å². The first kappa shape index (κ1) is 15.7. The first-order chi connectivity index (χ1) is 12.3. The highest BCUT2D eigenvalue weighted by Crippen LogP contribution is 2.26. The Morgan fingerprint density at radius 2 is 1.96 bits per heavy atom. The Balaban J connectivity index is 1.72. The lowest BCUT2D eigenvalue weighted by Gasteiger charge is -2.19. The number of likely N-dealkylation sites (tertiary alicyclic amines) is 1. The topological polar surface area (TPSA) is 63.9 Å². The van der Waals surface area contributed by atoms with Crippen molar-refractivity contribution >= 4 is 16.9 Å². The number of nitrogens with zero attached hydrogens (tertiary/aromatic N) is 5. The van der Waals surface area contributed by atoms with Crippen LogP contribution in [0.25, 0.3) is 22.7 Å². The number of amides is 1. The molecule has 1 aliphatic rings. The van der Waals surface area contributed by atoms with Crippen LogP contribution in [-0.2, 0) is 11.5 Å². The molecule has 1 amide bonds. The van der Waals surface area contributed by atoms with E-state index in [0.29, 0.717) is 30.7 Å². The molecule has 0 spiro atoms. The lowest BCUT2D eigenvalue weighted by Crippen LogP contribution is -2.28. The molecule has 2 aromatic heterocycles. The van der Waals surface area contributed by atoms with Crippen molar-refractivity contribution in [2.24, 2.45) is 5.92 Å². The van der Waals surface area contributed by atoms with Crippen molar-refractivity contribution in [3.8, 4) is 11.6 Å². The molecule has 3 aromatic rings. The highest BCUT2D eigenvalue weighted by atomic mass is 16.2. The average molecular weight is 335 g/mol. The molecule has 0 N–H and O–H groups in total. The van der Waals surface area contributed by atoms with Gasteiger partial charge in [0.2, 0.25) is 5.91 Å². The van der Waals surface area contributed by atoms with Crippen molar-refractivity contribution in [2.45, 2.75) is 32.9 Å². The third-order valence-electron chi connectivity index (χ3n) is 4.72. The summed E-state index contributed by atoms with van der Waals surface area (Å²) in [6.07, 6.45) is 6.29. The predicted molar refractivity (Wildman–Crippen MR) is 95.5 cm³/mol. The minimum absolute atomic E-state index is 0.219. The number of carbonyl (C=O) groups excluding carboxylic acids is 1. The second kappa shape index (κ2) is 6.63. The average Bonchev–Trinajstić information content (AvgIpc) is 3.17. The normalized spacial score (nSPS) is 17.6. The molecule has 0 radical (unpaired) electrons. The van der Waals surface area contributed by atoms with Crippen LogP contribution >= 0.6 is 0 Å². The smallest absolute Gasteiger partial charge is 0.224 e. The minimum atomic E-state index is 0.219. The van der Waals surface area contributed by atoms with Gasteiger partial charge in [0.05, 0.1) is 17.7 Å². The Hall–Kier alpha value is -2.76. The van der Waals surface area contributed by atoms with Gasteiger partial charge >= 0.3 is 0 Å². The third kappa shape index (κ3) is 2.99. The Kier molecular flexibility index (Phi) is 4.17. The summed E-state index contributed by atoms with van der Waals surface area (Å²) < 4.78 is 2.05. The van der Waals surface area contributed by atoms with Gasteiger partial charge in [-0.1, -0.05) is 25.5 Å². The Morgan fingerprint density at radius 3 is 2.76 bits per heavy atom. The van der Waals surface area contributed by atoms with Gasteiger partial charge in [0, 0.05) is 25.4 Å². The van der Waals surface area contributed by atoms with Crippen molar-refractivity contribution in [1.82, 2.24) is 24.4 Å². The standard InChI is InChI=1S/C19H21N5O/c1-2-6-14-11-17(25)23(12-14)13-24-16-8-4-3-7-15(16)22-19(24)18-20-9-5-10-21-18/h3-5,7-10,14H,2,6,11-13H2,1H3. The molecule has 6 nitrogen and oxygen atoms in total. The molecule has 0 saturated carbocycles. The van der Waals surface area contributed by atoms with Gasteiger partial charge in [-0.3, -0.25) is 4.79 Å². The number of fused-ring (bicyclic) bond motifs is 1. The van der Waals surface area contributed by atoms with Crippen LogP contribution in [0.5, 0.6) is 0 Å². The van der Waals surface area contributed by atoms with E-state index in [-0.39, 0.29) is 5.91 Å². The van der Waals surface area contributed by atoms with Crippen molar-refractivity contribution < 1.29 is 4.79 Å². The molecule has 6 heteroatoms. The zero-order chi connectivity index (χ0) is 17.2. The van der Waals surface area contributed by atoms with E-state index in [1.165, 1.54) is 0 Å². The second-order valence-electron chi connectivity index (χ2n) is 6.54. The molecule has 25 heavy (non-hydrogen) atoms. The Labute approximate surface area is 146 Å². The van der Waals surface area contributed by atoms with E-state index in [9.17, 15) is 4.79 Å². The largest absolute Gasteiger partial charge is 0.324 e. The first-order valence-electron chi connectivity index (χ1n) is 8.76. The summed E-state index contributed by atoms with van der Waals surface area (Å²) >= 11 is 0. The molecular formula is C19H21N5O. The van der Waals surface area contributed by atoms with E-state index in [1.807, 2.05) is 29.2 Å². The number of para-hydroxylation sites is 2. The van der Waals surface area contributed by atoms with Crippen LogP contribution in [0.3, 0.4) is 0 Å². The monoisotopic (exact) mass is 335 g/mol. The first-order valence-corrected chi connectivity index (χ1v) is 8.76. The van der Waals surface area contributed by atoms with Crippen LogP contribution in [0, 0.1) is 5.92 Å². The van der Waals surface area contributed by atoms with Gasteiger partial charge in [-0.15, -0.1) is 0 Å². The molecule has 0 aliphatic carbocycles. The molecule has 3 heterocycles. The van der Waals surface area contributed by atoms with E-state index in [0.717, 1.165) is 30.4 Å². The number of hydrogen-bond acceptors (Lipinski definition) is 4. The number of hydrogen-bond donors (Lipinski definition) is 0. The molecule has 1 saturated heterocycles.